The number of carbonyl (C=O) groups is 2. The number of rotatable bonds is 8. The minimum Gasteiger partial charge on any atom is -0.488 e. The molecule has 12 heteroatoms. The molecule has 10 nitrogen and oxygen atoms in total. The van der Waals surface area contributed by atoms with Crippen LogP contribution in [0.3, 0.4) is 0 Å². The third kappa shape index (κ3) is 7.44. The maximum atomic E-state index is 13.4. The van der Waals surface area contributed by atoms with Crippen LogP contribution in [-0.4, -0.2) is 73.6 Å². The van der Waals surface area contributed by atoms with E-state index >= 15 is 0 Å². The van der Waals surface area contributed by atoms with Gasteiger partial charge in [-0.25, -0.2) is 17.6 Å². The summed E-state index contributed by atoms with van der Waals surface area (Å²) in [5, 5.41) is 15.2. The Hall–Kier alpha value is -4.00. The highest BCUT2D eigenvalue weighted by atomic mass is 32.2. The van der Waals surface area contributed by atoms with Gasteiger partial charge in [0.1, 0.15) is 17.7 Å². The summed E-state index contributed by atoms with van der Waals surface area (Å²) in [6, 6.07) is 17.2. The molecule has 3 amide bonds. The van der Waals surface area contributed by atoms with Gasteiger partial charge in [0.15, 0.2) is 0 Å². The van der Waals surface area contributed by atoms with E-state index in [-0.39, 0.29) is 42.8 Å². The summed E-state index contributed by atoms with van der Waals surface area (Å²) >= 11 is 0. The van der Waals surface area contributed by atoms with E-state index in [1.807, 2.05) is 6.92 Å². The lowest BCUT2D eigenvalue weighted by atomic mass is 10.0. The van der Waals surface area contributed by atoms with E-state index in [0.717, 1.165) is 0 Å². The molecule has 1 aliphatic heterocycles. The number of benzene rings is 3. The first kappa shape index (κ1) is 30.9. The minimum atomic E-state index is -3.81. The number of aliphatic hydroxyl groups is 1. The number of ether oxygens (including phenoxy) is 1. The Balaban J connectivity index is 1.61. The summed E-state index contributed by atoms with van der Waals surface area (Å²) in [6.07, 6.45) is -0.709. The summed E-state index contributed by atoms with van der Waals surface area (Å²) in [4.78, 5) is 27.7. The molecule has 4 rings (SSSR count). The Labute approximate surface area is 245 Å². The van der Waals surface area contributed by atoms with Crippen molar-refractivity contribution in [3.63, 3.8) is 0 Å². The monoisotopic (exact) mass is 598 g/mol. The molecule has 0 saturated heterocycles. The predicted molar refractivity (Wildman–Crippen MR) is 157 cm³/mol. The molecule has 3 aromatic rings. The van der Waals surface area contributed by atoms with Gasteiger partial charge in [0.2, 0.25) is 15.9 Å². The molecule has 1 heterocycles. The first-order valence-corrected chi connectivity index (χ1v) is 15.0. The van der Waals surface area contributed by atoms with Crippen molar-refractivity contribution >= 4 is 33.3 Å². The van der Waals surface area contributed by atoms with Gasteiger partial charge < -0.3 is 25.4 Å². The Morgan fingerprint density at radius 3 is 2.40 bits per heavy atom. The van der Waals surface area contributed by atoms with E-state index in [9.17, 15) is 27.5 Å². The van der Waals surface area contributed by atoms with Crippen LogP contribution in [0.2, 0.25) is 0 Å². The number of aliphatic hydroxyl groups excluding tert-OH is 1. The summed E-state index contributed by atoms with van der Waals surface area (Å²) in [7, 11) is -2.32. The fourth-order valence-corrected chi connectivity index (χ4v) is 5.88. The van der Waals surface area contributed by atoms with Crippen LogP contribution in [0.5, 0.6) is 5.75 Å². The van der Waals surface area contributed by atoms with Crippen LogP contribution < -0.4 is 15.4 Å². The highest BCUT2D eigenvalue weighted by Gasteiger charge is 2.33. The number of anilines is 2. The lowest BCUT2D eigenvalue weighted by molar-refractivity contribution is -0.134. The lowest BCUT2D eigenvalue weighted by Gasteiger charge is -2.33. The van der Waals surface area contributed by atoms with Crippen molar-refractivity contribution in [3.8, 4) is 5.75 Å². The number of hydrogen-bond acceptors (Lipinski definition) is 6. The number of urea groups is 1. The molecule has 0 bridgehead atoms. The number of fused-ring (bicyclic) bond motifs is 1. The van der Waals surface area contributed by atoms with Crippen LogP contribution in [0, 0.1) is 11.7 Å². The van der Waals surface area contributed by atoms with Gasteiger partial charge in [-0.15, -0.1) is 0 Å². The molecule has 0 radical (unpaired) electrons. The lowest BCUT2D eigenvalue weighted by Crippen LogP contribution is -2.48. The first-order valence-electron chi connectivity index (χ1n) is 13.5. The molecule has 0 saturated carbocycles. The number of hydrogen-bond donors (Lipinski definition) is 3. The SMILES string of the molecule is C[C@@H]1CN([C@H](C)CO)C(=O)Cc2cc(NC(=O)Nc3ccc(F)cc3)ccc2O[C@H]1CN(C)S(=O)(=O)c1ccccc1. The molecular formula is C30H35FN4O6S. The van der Waals surface area contributed by atoms with Crippen LogP contribution in [0.4, 0.5) is 20.6 Å². The average molecular weight is 599 g/mol. The smallest absolute Gasteiger partial charge is 0.323 e. The molecule has 0 fully saturated rings. The van der Waals surface area contributed by atoms with Crippen molar-refractivity contribution in [2.24, 2.45) is 5.92 Å². The van der Waals surface area contributed by atoms with Crippen LogP contribution in [0.25, 0.3) is 0 Å². The predicted octanol–water partition coefficient (Wildman–Crippen LogP) is 3.94. The molecule has 0 spiro atoms. The molecule has 1 aliphatic rings. The molecule has 3 N–H and O–H groups in total. The van der Waals surface area contributed by atoms with Gasteiger partial charge in [-0.05, 0) is 61.5 Å². The molecule has 224 valence electrons. The zero-order chi connectivity index (χ0) is 30.4. The highest BCUT2D eigenvalue weighted by molar-refractivity contribution is 7.89. The Kier molecular flexibility index (Phi) is 9.81. The Morgan fingerprint density at radius 2 is 1.74 bits per heavy atom. The molecule has 3 atom stereocenters. The highest BCUT2D eigenvalue weighted by Crippen LogP contribution is 2.30. The zero-order valence-electron chi connectivity index (χ0n) is 23.7. The topological polar surface area (TPSA) is 128 Å². The van der Waals surface area contributed by atoms with Gasteiger partial charge in [-0.1, -0.05) is 25.1 Å². The van der Waals surface area contributed by atoms with Gasteiger partial charge >= 0.3 is 6.03 Å². The van der Waals surface area contributed by atoms with Crippen LogP contribution >= 0.6 is 0 Å². The van der Waals surface area contributed by atoms with E-state index in [2.05, 4.69) is 10.6 Å². The first-order chi connectivity index (χ1) is 20.0. The van der Waals surface area contributed by atoms with Crippen molar-refractivity contribution in [3.05, 3.63) is 84.2 Å². The minimum absolute atomic E-state index is 0.00739. The second-order valence-electron chi connectivity index (χ2n) is 10.4. The van der Waals surface area contributed by atoms with Gasteiger partial charge in [0, 0.05) is 36.4 Å². The Bertz CT molecular complexity index is 1500. The van der Waals surface area contributed by atoms with E-state index in [1.165, 1.54) is 47.8 Å². The van der Waals surface area contributed by atoms with Crippen LogP contribution in [0.15, 0.2) is 77.7 Å². The van der Waals surface area contributed by atoms with E-state index in [4.69, 9.17) is 4.74 Å². The van der Waals surface area contributed by atoms with E-state index in [1.54, 1.807) is 48.2 Å². The van der Waals surface area contributed by atoms with E-state index in [0.29, 0.717) is 22.7 Å². The fourth-order valence-electron chi connectivity index (χ4n) is 4.68. The van der Waals surface area contributed by atoms with Gasteiger partial charge in [-0.2, -0.15) is 4.31 Å². The number of carbonyl (C=O) groups excluding carboxylic acids is 2. The number of nitrogens with zero attached hydrogens (tertiary/aromatic N) is 2. The normalized spacial score (nSPS) is 18.2. The van der Waals surface area contributed by atoms with Crippen molar-refractivity contribution in [2.75, 3.05) is 37.4 Å². The standard InChI is InChI=1S/C30H35FN4O6S/c1-20-17-35(21(2)19-36)29(37)16-22-15-25(33-30(38)32-24-11-9-23(31)10-12-24)13-14-27(22)41-28(20)18-34(3)42(39,40)26-7-5-4-6-8-26/h4-15,20-21,28,36H,16-19H2,1-3H3,(H2,32,33,38)/t20-,21-,28+/m1/s1. The second-order valence-corrected chi connectivity index (χ2v) is 12.4. The second kappa shape index (κ2) is 13.3. The number of sulfonamides is 1. The van der Waals surface area contributed by atoms with Crippen molar-refractivity contribution in [1.82, 2.24) is 9.21 Å². The number of likely N-dealkylation sites (N-methyl/N-ethyl adjacent to an activating group) is 1. The fraction of sp³-hybridized carbons (Fsp3) is 0.333. The van der Waals surface area contributed by atoms with Crippen LogP contribution in [-0.2, 0) is 21.2 Å². The summed E-state index contributed by atoms with van der Waals surface area (Å²) in [5.41, 5.74) is 1.27. The molecule has 0 aliphatic carbocycles. The molecule has 3 aromatic carbocycles. The zero-order valence-corrected chi connectivity index (χ0v) is 24.5. The van der Waals surface area contributed by atoms with Crippen molar-refractivity contribution in [1.29, 1.82) is 0 Å². The number of nitrogens with one attached hydrogen (secondary N) is 2. The average Bonchev–Trinajstić information content (AvgIpc) is 3.01. The molecule has 42 heavy (non-hydrogen) atoms. The number of halogens is 1. The maximum Gasteiger partial charge on any atom is 0.323 e. The largest absolute Gasteiger partial charge is 0.488 e. The third-order valence-electron chi connectivity index (χ3n) is 7.16. The van der Waals surface area contributed by atoms with Crippen molar-refractivity contribution in [2.45, 2.75) is 37.3 Å². The van der Waals surface area contributed by atoms with Crippen LogP contribution in [0.1, 0.15) is 19.4 Å². The third-order valence-corrected chi connectivity index (χ3v) is 9.00. The quantitative estimate of drug-likeness (QED) is 0.361. The van der Waals surface area contributed by atoms with Gasteiger partial charge in [-0.3, -0.25) is 4.79 Å². The van der Waals surface area contributed by atoms with Crippen molar-refractivity contribution < 1.29 is 32.2 Å². The van der Waals surface area contributed by atoms with Gasteiger partial charge in [0.05, 0.1) is 30.5 Å². The number of amides is 3. The van der Waals surface area contributed by atoms with E-state index < -0.39 is 34.0 Å². The maximum absolute atomic E-state index is 13.4. The molecular weight excluding hydrogens is 563 g/mol. The summed E-state index contributed by atoms with van der Waals surface area (Å²) < 4.78 is 47.3. The Morgan fingerprint density at radius 1 is 1.10 bits per heavy atom. The molecule has 0 unspecified atom stereocenters. The summed E-state index contributed by atoms with van der Waals surface area (Å²) in [5.74, 6) is -0.591. The molecule has 0 aromatic heterocycles. The summed E-state index contributed by atoms with van der Waals surface area (Å²) in [6.45, 7) is 3.61. The van der Waals surface area contributed by atoms with Gasteiger partial charge in [0.25, 0.3) is 0 Å².